The van der Waals surface area contributed by atoms with Crippen LogP contribution < -0.4 is 31.5 Å². The van der Waals surface area contributed by atoms with Gasteiger partial charge in [0.1, 0.15) is 54.3 Å². The third-order valence-electron chi connectivity index (χ3n) is 12.7. The molecular formula is C54H66ClFN13O10+. The molecule has 5 N–H and O–H groups in total. The Morgan fingerprint density at radius 3 is 2.49 bits per heavy atom. The van der Waals surface area contributed by atoms with E-state index < -0.39 is 5.82 Å². The number of anilines is 4. The van der Waals surface area contributed by atoms with Gasteiger partial charge in [-0.05, 0) is 54.3 Å². The molecule has 23 nitrogen and oxygen atoms in total. The monoisotopic (exact) mass is 1110 g/mol. The van der Waals surface area contributed by atoms with Gasteiger partial charge >= 0.3 is 11.7 Å². The van der Waals surface area contributed by atoms with Crippen LogP contribution in [0.3, 0.4) is 0 Å². The summed E-state index contributed by atoms with van der Waals surface area (Å²) in [5, 5.41) is 15.1. The summed E-state index contributed by atoms with van der Waals surface area (Å²) in [5.74, 6) is 0.257. The number of ketones is 1. The SMILES string of the molecule is COCCOc1nc(N)c2[nH]c(=O)n(Cc3ccc(CCC(=O)CCc4cn(CCOCCOCCOCC[N+](C)(C)C/C=C/C(=O)Nc5cc6c(Nc7ccc(F)c(Cl)c7)ncnc6cc5O[C@@H]5CCOC5)nn4)cc3)c2n1. The molecule has 8 rings (SSSR count). The van der Waals surface area contributed by atoms with E-state index in [0.29, 0.717) is 161 Å². The Labute approximate surface area is 460 Å². The number of carbonyl (C=O) groups is 2. The van der Waals surface area contributed by atoms with Crippen LogP contribution in [0.4, 0.5) is 27.4 Å². The van der Waals surface area contributed by atoms with Gasteiger partial charge < -0.3 is 59.0 Å². The number of aromatic amines is 1. The highest BCUT2D eigenvalue weighted by molar-refractivity contribution is 6.31. The van der Waals surface area contributed by atoms with Crippen molar-refractivity contribution in [1.29, 1.82) is 0 Å². The maximum atomic E-state index is 13.8. The summed E-state index contributed by atoms with van der Waals surface area (Å²) in [7, 11) is 5.67. The van der Waals surface area contributed by atoms with Gasteiger partial charge in [-0.15, -0.1) is 5.10 Å². The number of aryl methyl sites for hydroxylation is 2. The van der Waals surface area contributed by atoms with E-state index >= 15 is 0 Å². The summed E-state index contributed by atoms with van der Waals surface area (Å²) in [5.41, 5.74) is 10.5. The standard InChI is InChI=1S/C54H65ClFN13O10/c1-69(2,18-4-5-48(71)61-46-30-42-45(31-47(46)79-41-16-20-77-34-41)58-35-59-51(42)60-38-12-15-44(56)43(55)29-38)19-22-75-25-27-76-26-24-74-21-17-67-33-39(65-66-67)11-14-40(70)13-10-36-6-8-37(9-7-36)32-68-52-49(62-54(68)72)50(57)63-53(64-52)78-28-23-73-3/h4-9,12,15,29-31,33,35,41H,10-11,13-14,16-28,32,34H2,1-3H3,(H4-,57,58,59,60,61,62,63,64,65,66,71,72)/p+1/b5-4+/t41-/m1/s1. The molecule has 0 saturated carbocycles. The van der Waals surface area contributed by atoms with Crippen LogP contribution in [-0.2, 0) is 59.2 Å². The number of nitrogens with zero attached hydrogens (tertiary/aromatic N) is 9. The van der Waals surface area contributed by atoms with Gasteiger partial charge in [0.05, 0.1) is 115 Å². The first-order valence-corrected chi connectivity index (χ1v) is 26.3. The number of H-pyrrole nitrogens is 1. The van der Waals surface area contributed by atoms with Crippen molar-refractivity contribution in [2.45, 2.75) is 51.3 Å². The first kappa shape index (κ1) is 57.7. The second-order valence-corrected chi connectivity index (χ2v) is 19.7. The summed E-state index contributed by atoms with van der Waals surface area (Å²) in [6, 6.07) is 15.6. The van der Waals surface area contributed by atoms with Crippen molar-refractivity contribution in [3.05, 3.63) is 117 Å². The third kappa shape index (κ3) is 17.3. The number of likely N-dealkylation sites (N-methyl/N-ethyl adjacent to an activating group) is 1. The highest BCUT2D eigenvalue weighted by atomic mass is 35.5. The number of amides is 1. The topological polar surface area (TPSA) is 269 Å². The highest BCUT2D eigenvalue weighted by Crippen LogP contribution is 2.35. The highest BCUT2D eigenvalue weighted by Gasteiger charge is 2.22. The molecule has 0 radical (unpaired) electrons. The first-order valence-electron chi connectivity index (χ1n) is 25.9. The maximum Gasteiger partial charge on any atom is 0.328 e. The van der Waals surface area contributed by atoms with Crippen LogP contribution in [0.2, 0.25) is 5.02 Å². The van der Waals surface area contributed by atoms with Crippen LogP contribution in [0.25, 0.3) is 22.1 Å². The number of nitrogen functional groups attached to an aromatic ring is 1. The molecular weight excluding hydrogens is 1050 g/mol. The van der Waals surface area contributed by atoms with Crippen molar-refractivity contribution in [1.82, 2.24) is 44.5 Å². The molecule has 1 atom stereocenters. The molecule has 7 aromatic rings. The van der Waals surface area contributed by atoms with E-state index in [4.69, 9.17) is 50.5 Å². The van der Waals surface area contributed by atoms with Crippen molar-refractivity contribution in [2.24, 2.45) is 0 Å². The molecule has 79 heavy (non-hydrogen) atoms. The number of Topliss-reactive ketones (excluding diaryl/α,β-unsaturated/α-hetero) is 1. The van der Waals surface area contributed by atoms with Crippen LogP contribution in [0.5, 0.6) is 11.8 Å². The zero-order valence-corrected chi connectivity index (χ0v) is 45.2. The lowest BCUT2D eigenvalue weighted by atomic mass is 10.0. The molecule has 1 aliphatic rings. The quantitative estimate of drug-likeness (QED) is 0.0231. The number of methoxy groups -OCH3 is 1. The van der Waals surface area contributed by atoms with E-state index in [-0.39, 0.29) is 53.5 Å². The van der Waals surface area contributed by atoms with Crippen molar-refractivity contribution in [3.8, 4) is 11.8 Å². The van der Waals surface area contributed by atoms with Crippen molar-refractivity contribution >= 4 is 68.4 Å². The van der Waals surface area contributed by atoms with Crippen molar-refractivity contribution in [2.75, 3.05) is 117 Å². The molecule has 25 heteroatoms. The number of benzene rings is 3. The molecule has 5 heterocycles. The van der Waals surface area contributed by atoms with Crippen LogP contribution >= 0.6 is 11.6 Å². The Balaban J connectivity index is 0.666. The number of halogens is 2. The summed E-state index contributed by atoms with van der Waals surface area (Å²) in [4.78, 5) is 58.9. The number of fused-ring (bicyclic) bond motifs is 2. The first-order chi connectivity index (χ1) is 38.3. The van der Waals surface area contributed by atoms with Gasteiger partial charge in [0, 0.05) is 55.8 Å². The zero-order chi connectivity index (χ0) is 55.6. The Hall–Kier alpha value is -7.45. The second-order valence-electron chi connectivity index (χ2n) is 19.3. The summed E-state index contributed by atoms with van der Waals surface area (Å²) in [6.45, 7) is 6.26. The fourth-order valence-corrected chi connectivity index (χ4v) is 8.47. The van der Waals surface area contributed by atoms with Gasteiger partial charge in [0.2, 0.25) is 5.91 Å². The molecule has 1 aliphatic heterocycles. The van der Waals surface area contributed by atoms with Gasteiger partial charge in [0.25, 0.3) is 0 Å². The lowest BCUT2D eigenvalue weighted by Crippen LogP contribution is -2.42. The van der Waals surface area contributed by atoms with E-state index in [1.54, 1.807) is 30.0 Å². The molecule has 0 unspecified atom stereocenters. The van der Waals surface area contributed by atoms with E-state index in [9.17, 15) is 18.8 Å². The number of quaternary nitrogens is 1. The van der Waals surface area contributed by atoms with E-state index in [2.05, 4.69) is 60.0 Å². The van der Waals surface area contributed by atoms with Gasteiger partial charge in [-0.25, -0.2) is 23.8 Å². The molecule has 0 spiro atoms. The Bertz CT molecular complexity index is 3240. The minimum atomic E-state index is -0.534. The van der Waals surface area contributed by atoms with Gasteiger partial charge in [-0.3, -0.25) is 14.2 Å². The molecule has 1 amide bonds. The summed E-state index contributed by atoms with van der Waals surface area (Å²) < 4.78 is 57.1. The van der Waals surface area contributed by atoms with E-state index in [1.165, 1.54) is 29.1 Å². The molecule has 1 saturated heterocycles. The van der Waals surface area contributed by atoms with E-state index in [0.717, 1.165) is 16.8 Å². The average molecular weight is 1110 g/mol. The molecule has 0 bridgehead atoms. The summed E-state index contributed by atoms with van der Waals surface area (Å²) >= 11 is 6.02. The Kier molecular flexibility index (Phi) is 20.8. The number of hydrogen-bond acceptors (Lipinski definition) is 18. The third-order valence-corrected chi connectivity index (χ3v) is 13.0. The van der Waals surface area contributed by atoms with Crippen LogP contribution in [-0.4, -0.2) is 167 Å². The minimum absolute atomic E-state index is 0.0310. The number of ether oxygens (including phenoxy) is 7. The fourth-order valence-electron chi connectivity index (χ4n) is 8.29. The zero-order valence-electron chi connectivity index (χ0n) is 44.5. The largest absolute Gasteiger partial charge is 0.486 e. The van der Waals surface area contributed by atoms with Gasteiger partial charge in [-0.2, -0.15) is 9.97 Å². The Morgan fingerprint density at radius 1 is 0.949 bits per heavy atom. The van der Waals surface area contributed by atoms with Gasteiger partial charge in [0.15, 0.2) is 11.5 Å². The van der Waals surface area contributed by atoms with Crippen molar-refractivity contribution in [3.63, 3.8) is 0 Å². The molecule has 420 valence electrons. The normalized spacial score (nSPS) is 13.7. The smallest absolute Gasteiger partial charge is 0.328 e. The van der Waals surface area contributed by atoms with Crippen LogP contribution in [0.15, 0.2) is 84.1 Å². The predicted octanol–water partition coefficient (Wildman–Crippen LogP) is 5.47. The van der Waals surface area contributed by atoms with Crippen LogP contribution in [0.1, 0.15) is 36.1 Å². The van der Waals surface area contributed by atoms with E-state index in [1.807, 2.05) is 36.5 Å². The molecule has 3 aromatic carbocycles. The lowest BCUT2D eigenvalue weighted by Gasteiger charge is -2.28. The predicted molar refractivity (Wildman–Crippen MR) is 293 cm³/mol. The molecule has 4 aromatic heterocycles. The van der Waals surface area contributed by atoms with Crippen LogP contribution in [0, 0.1) is 5.82 Å². The molecule has 0 aliphatic carbocycles. The van der Waals surface area contributed by atoms with Crippen molar-refractivity contribution < 1.29 is 51.6 Å². The fraction of sp³-hybridized carbons (Fsp3) is 0.426. The number of rotatable bonds is 32. The summed E-state index contributed by atoms with van der Waals surface area (Å²) in [6.07, 6.45) is 8.93. The number of nitrogens with two attached hydrogens (primary N) is 1. The number of hydrogen-bond donors (Lipinski definition) is 4. The maximum absolute atomic E-state index is 13.8. The molecule has 1 fully saturated rings. The Morgan fingerprint density at radius 2 is 1.72 bits per heavy atom. The lowest BCUT2D eigenvalue weighted by molar-refractivity contribution is -0.884. The minimum Gasteiger partial charge on any atom is -0.486 e. The number of carbonyl (C=O) groups excluding carboxylic acids is 2. The second kappa shape index (κ2) is 28.4. The van der Waals surface area contributed by atoms with Gasteiger partial charge in [-0.1, -0.05) is 41.1 Å². The average Bonchev–Trinajstić information content (AvgIpc) is 4.36. The number of nitrogens with one attached hydrogen (secondary N) is 3. The number of aromatic nitrogens is 9. The number of imidazole rings is 1.